The van der Waals surface area contributed by atoms with Gasteiger partial charge in [-0.15, -0.1) is 0 Å². The van der Waals surface area contributed by atoms with Crippen LogP contribution in [0.3, 0.4) is 0 Å². The lowest BCUT2D eigenvalue weighted by Gasteiger charge is -2.29. The summed E-state index contributed by atoms with van der Waals surface area (Å²) in [6.45, 7) is 3.30. The van der Waals surface area contributed by atoms with E-state index < -0.39 is 5.79 Å². The van der Waals surface area contributed by atoms with Gasteiger partial charge in [0.15, 0.2) is 5.11 Å². The minimum absolute atomic E-state index is 0.0931. The molecule has 2 heterocycles. The van der Waals surface area contributed by atoms with E-state index >= 15 is 0 Å². The van der Waals surface area contributed by atoms with Gasteiger partial charge in [-0.3, -0.25) is 5.01 Å². The van der Waals surface area contributed by atoms with E-state index in [1.54, 1.807) is 24.7 Å². The first kappa shape index (κ1) is 21.3. The van der Waals surface area contributed by atoms with Gasteiger partial charge in [0.1, 0.15) is 18.5 Å². The smallest absolute Gasteiger partial charge is 0.214 e. The van der Waals surface area contributed by atoms with Gasteiger partial charge in [-0.1, -0.05) is 29.8 Å². The lowest BCUT2D eigenvalue weighted by molar-refractivity contribution is -0.189. The number of ether oxygens (including phenoxy) is 3. The molecule has 0 spiro atoms. The van der Waals surface area contributed by atoms with Crippen molar-refractivity contribution in [1.82, 2.24) is 9.55 Å². The van der Waals surface area contributed by atoms with Crippen LogP contribution in [0.4, 0.5) is 5.69 Å². The van der Waals surface area contributed by atoms with E-state index in [4.69, 9.17) is 38.0 Å². The molecule has 9 heteroatoms. The Kier molecular flexibility index (Phi) is 6.19. The van der Waals surface area contributed by atoms with Crippen LogP contribution in [-0.4, -0.2) is 34.0 Å². The fourth-order valence-corrected chi connectivity index (χ4v) is 3.53. The summed E-state index contributed by atoms with van der Waals surface area (Å²) >= 11 is 4.88. The predicted octanol–water partition coefficient (Wildman–Crippen LogP) is 2.46. The lowest BCUT2D eigenvalue weighted by Crippen LogP contribution is -2.41. The third kappa shape index (κ3) is 4.86. The van der Waals surface area contributed by atoms with Crippen molar-refractivity contribution >= 4 is 23.0 Å². The van der Waals surface area contributed by atoms with Gasteiger partial charge in [0.25, 0.3) is 0 Å². The maximum absolute atomic E-state index is 6.41. The summed E-state index contributed by atoms with van der Waals surface area (Å²) < 4.78 is 20.5. The zero-order valence-electron chi connectivity index (χ0n) is 17.2. The third-order valence-electron chi connectivity index (χ3n) is 5.09. The zero-order valence-corrected chi connectivity index (χ0v) is 18.0. The highest BCUT2D eigenvalue weighted by atomic mass is 32.1. The Morgan fingerprint density at radius 2 is 2.00 bits per heavy atom. The molecule has 2 aromatic carbocycles. The maximum Gasteiger partial charge on any atom is 0.214 e. The van der Waals surface area contributed by atoms with E-state index in [-0.39, 0.29) is 11.2 Å². The number of hydrogen-bond donors (Lipinski definition) is 2. The fourth-order valence-electron chi connectivity index (χ4n) is 3.42. The van der Waals surface area contributed by atoms with Crippen LogP contribution in [0.2, 0.25) is 0 Å². The minimum Gasteiger partial charge on any atom is -0.491 e. The quantitative estimate of drug-likeness (QED) is 0.329. The highest BCUT2D eigenvalue weighted by molar-refractivity contribution is 7.80. The predicted molar refractivity (Wildman–Crippen MR) is 121 cm³/mol. The van der Waals surface area contributed by atoms with Crippen molar-refractivity contribution in [3.63, 3.8) is 0 Å². The molecule has 4 N–H and O–H groups in total. The number of aryl methyl sites for hydroxylation is 1. The molecule has 1 saturated heterocycles. The summed E-state index contributed by atoms with van der Waals surface area (Å²) in [4.78, 5) is 4.13. The Hall–Kier alpha value is -2.98. The Morgan fingerprint density at radius 1 is 1.26 bits per heavy atom. The van der Waals surface area contributed by atoms with E-state index in [9.17, 15) is 0 Å². The number of benzene rings is 2. The van der Waals surface area contributed by atoms with Gasteiger partial charge in [0, 0.05) is 18.0 Å². The second-order valence-electron chi connectivity index (χ2n) is 7.42. The Labute approximate surface area is 186 Å². The lowest BCUT2D eigenvalue weighted by atomic mass is 10.0. The van der Waals surface area contributed by atoms with Crippen molar-refractivity contribution in [3.8, 4) is 5.75 Å². The van der Waals surface area contributed by atoms with Crippen LogP contribution in [-0.2, 0) is 21.8 Å². The molecule has 8 nitrogen and oxygen atoms in total. The number of imidazole rings is 1. The van der Waals surface area contributed by atoms with Crippen molar-refractivity contribution < 1.29 is 14.2 Å². The molecular formula is C22H25N5O3S. The fraction of sp³-hybridized carbons (Fsp3) is 0.273. The molecule has 1 fully saturated rings. The van der Waals surface area contributed by atoms with Gasteiger partial charge < -0.3 is 24.5 Å². The summed E-state index contributed by atoms with van der Waals surface area (Å²) in [5, 5.41) is 1.33. The molecule has 2 atom stereocenters. The molecule has 2 unspecified atom stereocenters. The number of hydrogen-bond acceptors (Lipinski definition) is 6. The maximum atomic E-state index is 6.41. The molecule has 0 bridgehead atoms. The van der Waals surface area contributed by atoms with Crippen molar-refractivity contribution in [2.75, 3.05) is 18.2 Å². The van der Waals surface area contributed by atoms with Crippen LogP contribution in [0, 0.1) is 6.92 Å². The van der Waals surface area contributed by atoms with E-state index in [0.717, 1.165) is 5.56 Å². The standard InChI is InChI=1S/C22H25N5O3S/c1-16-2-4-17(5-3-16)22(14-26-11-10-25-15-26)29-13-20(30-22)12-28-19-8-6-18(7-9-19)27(24)21(23)31/h2-11,15,20H,12-14,24H2,1H3,(H2,23,31). The number of thiocarbonyl (C=S) groups is 1. The first-order valence-electron chi connectivity index (χ1n) is 9.87. The highest BCUT2D eigenvalue weighted by Gasteiger charge is 2.44. The molecular weight excluding hydrogens is 414 g/mol. The second kappa shape index (κ2) is 9.03. The van der Waals surface area contributed by atoms with Crippen LogP contribution in [0.1, 0.15) is 11.1 Å². The molecule has 4 rings (SSSR count). The van der Waals surface area contributed by atoms with Crippen molar-refractivity contribution in [2.45, 2.75) is 25.4 Å². The molecule has 0 radical (unpaired) electrons. The number of rotatable bonds is 7. The summed E-state index contributed by atoms with van der Waals surface area (Å²) in [5.41, 5.74) is 8.36. The molecule has 1 aromatic heterocycles. The minimum atomic E-state index is -0.900. The molecule has 1 aliphatic heterocycles. The van der Waals surface area contributed by atoms with Gasteiger partial charge in [0.05, 0.1) is 25.2 Å². The van der Waals surface area contributed by atoms with Gasteiger partial charge >= 0.3 is 0 Å². The largest absolute Gasteiger partial charge is 0.491 e. The highest BCUT2D eigenvalue weighted by Crippen LogP contribution is 2.36. The first-order chi connectivity index (χ1) is 14.9. The van der Waals surface area contributed by atoms with Crippen LogP contribution in [0.15, 0.2) is 67.3 Å². The van der Waals surface area contributed by atoms with Crippen LogP contribution in [0.25, 0.3) is 0 Å². The Morgan fingerprint density at radius 3 is 2.65 bits per heavy atom. The summed E-state index contributed by atoms with van der Waals surface area (Å²) in [6, 6.07) is 15.4. The number of nitrogens with zero attached hydrogens (tertiary/aromatic N) is 3. The van der Waals surface area contributed by atoms with E-state index in [1.807, 2.05) is 35.0 Å². The van der Waals surface area contributed by atoms with Crippen molar-refractivity contribution in [3.05, 3.63) is 78.4 Å². The van der Waals surface area contributed by atoms with E-state index in [1.165, 1.54) is 10.6 Å². The summed E-state index contributed by atoms with van der Waals surface area (Å²) in [5.74, 6) is 5.58. The molecule has 3 aromatic rings. The van der Waals surface area contributed by atoms with Crippen LogP contribution in [0.5, 0.6) is 5.75 Å². The summed E-state index contributed by atoms with van der Waals surface area (Å²) in [6.07, 6.45) is 5.15. The molecule has 1 aliphatic rings. The normalized spacial score (nSPS) is 20.5. The number of hydrazine groups is 1. The third-order valence-corrected chi connectivity index (χ3v) is 5.29. The monoisotopic (exact) mass is 439 g/mol. The van der Waals surface area contributed by atoms with Crippen LogP contribution >= 0.6 is 12.2 Å². The van der Waals surface area contributed by atoms with E-state index in [0.29, 0.717) is 31.2 Å². The first-order valence-corrected chi connectivity index (χ1v) is 10.3. The van der Waals surface area contributed by atoms with Gasteiger partial charge in [-0.05, 0) is 43.4 Å². The molecule has 0 aliphatic carbocycles. The van der Waals surface area contributed by atoms with Gasteiger partial charge in [-0.2, -0.15) is 0 Å². The second-order valence-corrected chi connectivity index (χ2v) is 7.84. The molecule has 0 saturated carbocycles. The number of anilines is 1. The Balaban J connectivity index is 1.44. The molecule has 0 amide bonds. The van der Waals surface area contributed by atoms with Gasteiger partial charge in [-0.25, -0.2) is 10.8 Å². The number of aromatic nitrogens is 2. The topological polar surface area (TPSA) is 101 Å². The van der Waals surface area contributed by atoms with E-state index in [2.05, 4.69) is 24.0 Å². The average molecular weight is 440 g/mol. The van der Waals surface area contributed by atoms with Crippen molar-refractivity contribution in [2.24, 2.45) is 11.6 Å². The number of nitrogens with two attached hydrogens (primary N) is 2. The zero-order chi connectivity index (χ0) is 21.8. The molecule has 162 valence electrons. The SMILES string of the molecule is Cc1ccc(C2(Cn3ccnc3)OCC(COc3ccc(N(N)C(N)=S)cc3)O2)cc1. The van der Waals surface area contributed by atoms with Gasteiger partial charge in [0.2, 0.25) is 5.79 Å². The summed E-state index contributed by atoms with van der Waals surface area (Å²) in [7, 11) is 0. The van der Waals surface area contributed by atoms with Crippen LogP contribution < -0.4 is 21.3 Å². The molecule has 31 heavy (non-hydrogen) atoms. The average Bonchev–Trinajstić information content (AvgIpc) is 3.43. The Bertz CT molecular complexity index is 1010. The van der Waals surface area contributed by atoms with Crippen molar-refractivity contribution in [1.29, 1.82) is 0 Å².